The zero-order chi connectivity index (χ0) is 14.0. The summed E-state index contributed by atoms with van der Waals surface area (Å²) >= 11 is 5.10. The molecule has 102 valence electrons. The van der Waals surface area contributed by atoms with E-state index >= 15 is 0 Å². The van der Waals surface area contributed by atoms with E-state index in [4.69, 9.17) is 15.2 Å². The molecule has 1 unspecified atom stereocenters. The van der Waals surface area contributed by atoms with Gasteiger partial charge in [0.2, 0.25) is 0 Å². The van der Waals surface area contributed by atoms with Crippen molar-refractivity contribution in [2.75, 3.05) is 14.2 Å². The van der Waals surface area contributed by atoms with E-state index < -0.39 is 0 Å². The number of hydrogen-bond donors (Lipinski definition) is 1. The quantitative estimate of drug-likeness (QED) is 0.917. The Kier molecular flexibility index (Phi) is 4.50. The van der Waals surface area contributed by atoms with Gasteiger partial charge in [-0.25, -0.2) is 0 Å². The van der Waals surface area contributed by atoms with Crippen molar-refractivity contribution in [1.82, 2.24) is 0 Å². The lowest BCUT2D eigenvalue weighted by Crippen LogP contribution is -2.12. The van der Waals surface area contributed by atoms with Crippen LogP contribution >= 0.6 is 27.3 Å². The first kappa shape index (κ1) is 14.4. The molecule has 0 fully saturated rings. The van der Waals surface area contributed by atoms with Gasteiger partial charge in [-0.2, -0.15) is 0 Å². The SMILES string of the molecule is COc1cc(C)c(C(N)c2ccc(Br)s2)cc1OC. The van der Waals surface area contributed by atoms with Gasteiger partial charge in [-0.1, -0.05) is 0 Å². The molecule has 19 heavy (non-hydrogen) atoms. The second-order valence-corrected chi connectivity index (χ2v) is 6.68. The summed E-state index contributed by atoms with van der Waals surface area (Å²) in [6.07, 6.45) is 0. The predicted molar refractivity (Wildman–Crippen MR) is 82.3 cm³/mol. The lowest BCUT2D eigenvalue weighted by molar-refractivity contribution is 0.354. The van der Waals surface area contributed by atoms with Crippen LogP contribution in [-0.2, 0) is 0 Å². The first-order valence-electron chi connectivity index (χ1n) is 5.80. The van der Waals surface area contributed by atoms with Crippen molar-refractivity contribution in [3.8, 4) is 11.5 Å². The van der Waals surface area contributed by atoms with Gasteiger partial charge in [0.15, 0.2) is 11.5 Å². The van der Waals surface area contributed by atoms with E-state index in [-0.39, 0.29) is 6.04 Å². The molecule has 0 aliphatic rings. The van der Waals surface area contributed by atoms with Crippen LogP contribution < -0.4 is 15.2 Å². The van der Waals surface area contributed by atoms with Crippen molar-refractivity contribution in [2.45, 2.75) is 13.0 Å². The molecule has 2 N–H and O–H groups in total. The first-order chi connectivity index (χ1) is 9.06. The van der Waals surface area contributed by atoms with Crippen LogP contribution in [0, 0.1) is 6.92 Å². The number of aryl methyl sites for hydroxylation is 1. The molecular weight excluding hydrogens is 326 g/mol. The van der Waals surface area contributed by atoms with E-state index in [0.29, 0.717) is 5.75 Å². The summed E-state index contributed by atoms with van der Waals surface area (Å²) in [5, 5.41) is 0. The van der Waals surface area contributed by atoms with Gasteiger partial charge in [0, 0.05) is 4.88 Å². The minimum absolute atomic E-state index is 0.156. The Bertz CT molecular complexity index is 583. The maximum absolute atomic E-state index is 6.34. The van der Waals surface area contributed by atoms with Gasteiger partial charge in [-0.15, -0.1) is 11.3 Å². The lowest BCUT2D eigenvalue weighted by Gasteiger charge is -2.17. The summed E-state index contributed by atoms with van der Waals surface area (Å²) < 4.78 is 11.7. The number of nitrogens with two attached hydrogens (primary N) is 1. The van der Waals surface area contributed by atoms with Crippen LogP contribution in [0.3, 0.4) is 0 Å². The molecule has 0 spiro atoms. The zero-order valence-electron chi connectivity index (χ0n) is 11.1. The van der Waals surface area contributed by atoms with Crippen LogP contribution in [0.2, 0.25) is 0 Å². The monoisotopic (exact) mass is 341 g/mol. The maximum atomic E-state index is 6.34. The average Bonchev–Trinajstić information content (AvgIpc) is 2.84. The second-order valence-electron chi connectivity index (χ2n) is 4.18. The standard InChI is InChI=1S/C14H16BrNO2S/c1-8-6-10(17-2)11(18-3)7-9(8)14(16)12-4-5-13(15)19-12/h4-7,14H,16H2,1-3H3. The number of benzene rings is 1. The average molecular weight is 342 g/mol. The van der Waals surface area contributed by atoms with E-state index in [1.54, 1.807) is 25.6 Å². The van der Waals surface area contributed by atoms with Crippen LogP contribution in [0.5, 0.6) is 11.5 Å². The molecule has 2 aromatic rings. The van der Waals surface area contributed by atoms with Crippen LogP contribution in [0.1, 0.15) is 22.0 Å². The fourth-order valence-corrected chi connectivity index (χ4v) is 3.42. The van der Waals surface area contributed by atoms with Crippen molar-refractivity contribution in [2.24, 2.45) is 5.73 Å². The first-order valence-corrected chi connectivity index (χ1v) is 7.41. The van der Waals surface area contributed by atoms with Crippen LogP contribution in [-0.4, -0.2) is 14.2 Å². The molecule has 1 heterocycles. The summed E-state index contributed by atoms with van der Waals surface area (Å²) in [5.41, 5.74) is 8.48. The molecule has 0 amide bonds. The number of halogens is 1. The lowest BCUT2D eigenvalue weighted by atomic mass is 10.00. The molecule has 1 atom stereocenters. The molecule has 0 saturated heterocycles. The minimum Gasteiger partial charge on any atom is -0.493 e. The summed E-state index contributed by atoms with van der Waals surface area (Å²) in [5.74, 6) is 1.43. The van der Waals surface area contributed by atoms with Gasteiger partial charge in [0.25, 0.3) is 0 Å². The molecule has 0 radical (unpaired) electrons. The number of rotatable bonds is 4. The Morgan fingerprint density at radius 3 is 2.32 bits per heavy atom. The van der Waals surface area contributed by atoms with Gasteiger partial charge in [0.1, 0.15) is 0 Å². The highest BCUT2D eigenvalue weighted by Crippen LogP contribution is 2.36. The summed E-state index contributed by atoms with van der Waals surface area (Å²) in [6, 6.07) is 7.80. The van der Waals surface area contributed by atoms with Gasteiger partial charge >= 0.3 is 0 Å². The highest BCUT2D eigenvalue weighted by atomic mass is 79.9. The molecule has 0 aliphatic carbocycles. The van der Waals surface area contributed by atoms with E-state index in [1.807, 2.05) is 31.2 Å². The van der Waals surface area contributed by atoms with Crippen molar-refractivity contribution in [3.05, 3.63) is 44.1 Å². The van der Waals surface area contributed by atoms with Crippen LogP contribution in [0.15, 0.2) is 28.1 Å². The summed E-state index contributed by atoms with van der Waals surface area (Å²) in [4.78, 5) is 1.11. The third kappa shape index (κ3) is 2.94. The summed E-state index contributed by atoms with van der Waals surface area (Å²) in [7, 11) is 3.26. The molecule has 0 bridgehead atoms. The number of thiophene rings is 1. The largest absolute Gasteiger partial charge is 0.493 e. The Morgan fingerprint density at radius 1 is 1.16 bits per heavy atom. The molecule has 2 rings (SSSR count). The highest BCUT2D eigenvalue weighted by molar-refractivity contribution is 9.11. The van der Waals surface area contributed by atoms with Crippen molar-refractivity contribution in [3.63, 3.8) is 0 Å². The zero-order valence-corrected chi connectivity index (χ0v) is 13.5. The fraction of sp³-hybridized carbons (Fsp3) is 0.286. The van der Waals surface area contributed by atoms with E-state index in [2.05, 4.69) is 15.9 Å². The van der Waals surface area contributed by atoms with Gasteiger partial charge in [-0.3, -0.25) is 0 Å². The maximum Gasteiger partial charge on any atom is 0.161 e. The number of hydrogen-bond acceptors (Lipinski definition) is 4. The van der Waals surface area contributed by atoms with E-state index in [9.17, 15) is 0 Å². The van der Waals surface area contributed by atoms with Crippen LogP contribution in [0.25, 0.3) is 0 Å². The van der Waals surface area contributed by atoms with Crippen molar-refractivity contribution >= 4 is 27.3 Å². The van der Waals surface area contributed by atoms with Gasteiger partial charge < -0.3 is 15.2 Å². The van der Waals surface area contributed by atoms with Gasteiger partial charge in [-0.05, 0) is 58.2 Å². The normalized spacial score (nSPS) is 12.3. The number of ether oxygens (including phenoxy) is 2. The predicted octanol–water partition coefficient (Wildman–Crippen LogP) is 3.88. The summed E-state index contributed by atoms with van der Waals surface area (Å²) in [6.45, 7) is 2.03. The van der Waals surface area contributed by atoms with Crippen LogP contribution in [0.4, 0.5) is 0 Å². The second kappa shape index (κ2) is 5.94. The van der Waals surface area contributed by atoms with E-state index in [1.165, 1.54) is 0 Å². The van der Waals surface area contributed by atoms with Crippen molar-refractivity contribution in [1.29, 1.82) is 0 Å². The Morgan fingerprint density at radius 2 is 1.79 bits per heavy atom. The Hall–Kier alpha value is -1.04. The third-order valence-electron chi connectivity index (χ3n) is 3.01. The molecule has 0 saturated carbocycles. The molecular formula is C14H16BrNO2S. The molecule has 5 heteroatoms. The third-order valence-corrected chi connectivity index (χ3v) is 4.71. The molecule has 1 aromatic heterocycles. The minimum atomic E-state index is -0.156. The molecule has 0 aliphatic heterocycles. The highest BCUT2D eigenvalue weighted by Gasteiger charge is 2.17. The molecule has 3 nitrogen and oxygen atoms in total. The smallest absolute Gasteiger partial charge is 0.161 e. The van der Waals surface area contributed by atoms with E-state index in [0.717, 1.165) is 25.5 Å². The number of methoxy groups -OCH3 is 2. The topological polar surface area (TPSA) is 44.5 Å². The Labute approximate surface area is 125 Å². The fourth-order valence-electron chi connectivity index (χ4n) is 1.98. The Balaban J connectivity index is 2.44. The van der Waals surface area contributed by atoms with Gasteiger partial charge in [0.05, 0.1) is 24.0 Å². The van der Waals surface area contributed by atoms with Crippen molar-refractivity contribution < 1.29 is 9.47 Å². The molecule has 1 aromatic carbocycles.